The molecule has 2 heterocycles. The van der Waals surface area contributed by atoms with Crippen molar-refractivity contribution in [3.05, 3.63) is 53.4 Å². The van der Waals surface area contributed by atoms with Crippen LogP contribution in [0.25, 0.3) is 33.1 Å². The highest BCUT2D eigenvalue weighted by Gasteiger charge is 2.10. The average Bonchev–Trinajstić information content (AvgIpc) is 3.12. The van der Waals surface area contributed by atoms with E-state index in [2.05, 4.69) is 64.3 Å². The number of para-hydroxylation sites is 1. The van der Waals surface area contributed by atoms with E-state index in [4.69, 9.17) is 0 Å². The maximum absolute atomic E-state index is 4.41. The Morgan fingerprint density at radius 1 is 1.05 bits per heavy atom. The molecule has 20 heavy (non-hydrogen) atoms. The van der Waals surface area contributed by atoms with Crippen molar-refractivity contribution < 1.29 is 0 Å². The fourth-order valence-corrected chi connectivity index (χ4v) is 3.47. The minimum absolute atomic E-state index is 0.986. The van der Waals surface area contributed by atoms with Crippen LogP contribution in [0.4, 0.5) is 0 Å². The molecule has 0 aliphatic rings. The summed E-state index contributed by atoms with van der Waals surface area (Å²) in [4.78, 5) is 4.41. The zero-order chi connectivity index (χ0) is 13.5. The van der Waals surface area contributed by atoms with Gasteiger partial charge >= 0.3 is 0 Å². The molecule has 4 aromatic rings. The standard InChI is InChI=1S/C17H14N2S/c1-2-19-16-6-4-3-5-13(16)14-9-12(7-8-17(14)19)15-10-20-11-18-15/h3-11H,2H2,1H3. The summed E-state index contributed by atoms with van der Waals surface area (Å²) in [6.07, 6.45) is 0. The van der Waals surface area contributed by atoms with Crippen molar-refractivity contribution in [1.29, 1.82) is 0 Å². The van der Waals surface area contributed by atoms with Gasteiger partial charge in [-0.05, 0) is 25.1 Å². The number of thiazole rings is 1. The van der Waals surface area contributed by atoms with Crippen LogP contribution in [0.2, 0.25) is 0 Å². The molecule has 0 N–H and O–H groups in total. The summed E-state index contributed by atoms with van der Waals surface area (Å²) < 4.78 is 2.37. The number of hydrogen-bond acceptors (Lipinski definition) is 2. The molecule has 0 radical (unpaired) electrons. The molecule has 0 unspecified atom stereocenters. The first kappa shape index (κ1) is 11.7. The molecule has 0 bridgehead atoms. The Morgan fingerprint density at radius 2 is 1.90 bits per heavy atom. The smallest absolute Gasteiger partial charge is 0.0811 e. The van der Waals surface area contributed by atoms with Crippen LogP contribution in [0.3, 0.4) is 0 Å². The lowest BCUT2D eigenvalue weighted by Crippen LogP contribution is -1.92. The molecule has 3 heteroatoms. The van der Waals surface area contributed by atoms with E-state index in [0.717, 1.165) is 12.2 Å². The van der Waals surface area contributed by atoms with Crippen LogP contribution in [-0.4, -0.2) is 9.55 Å². The number of aryl methyl sites for hydroxylation is 1. The van der Waals surface area contributed by atoms with Crippen LogP contribution in [0.1, 0.15) is 6.92 Å². The second-order valence-electron chi connectivity index (χ2n) is 4.87. The average molecular weight is 278 g/mol. The third kappa shape index (κ3) is 1.60. The molecule has 0 aliphatic carbocycles. The number of fused-ring (bicyclic) bond motifs is 3. The van der Waals surface area contributed by atoms with E-state index in [-0.39, 0.29) is 0 Å². The number of rotatable bonds is 2. The summed E-state index contributed by atoms with van der Waals surface area (Å²) in [7, 11) is 0. The van der Waals surface area contributed by atoms with Gasteiger partial charge in [-0.15, -0.1) is 11.3 Å². The molecule has 98 valence electrons. The fraction of sp³-hybridized carbons (Fsp3) is 0.118. The largest absolute Gasteiger partial charge is 0.341 e. The molecule has 2 aromatic heterocycles. The molecule has 0 atom stereocenters. The van der Waals surface area contributed by atoms with Crippen molar-refractivity contribution in [3.8, 4) is 11.3 Å². The summed E-state index contributed by atoms with van der Waals surface area (Å²) in [5, 5.41) is 4.73. The van der Waals surface area contributed by atoms with Crippen molar-refractivity contribution in [2.24, 2.45) is 0 Å². The lowest BCUT2D eigenvalue weighted by Gasteiger charge is -2.03. The van der Waals surface area contributed by atoms with E-state index in [1.807, 2.05) is 5.51 Å². The highest BCUT2D eigenvalue weighted by atomic mass is 32.1. The predicted octanol–water partition coefficient (Wildman–Crippen LogP) is 4.94. The van der Waals surface area contributed by atoms with Gasteiger partial charge in [0.25, 0.3) is 0 Å². The van der Waals surface area contributed by atoms with Gasteiger partial charge in [0.2, 0.25) is 0 Å². The first-order chi connectivity index (χ1) is 9.88. The molecule has 2 aromatic carbocycles. The summed E-state index contributed by atoms with van der Waals surface area (Å²) in [5.41, 5.74) is 6.74. The summed E-state index contributed by atoms with van der Waals surface area (Å²) in [6, 6.07) is 15.3. The predicted molar refractivity (Wildman–Crippen MR) is 86.2 cm³/mol. The SMILES string of the molecule is CCn1c2ccccc2c2cc(-c3cscn3)ccc21. The van der Waals surface area contributed by atoms with Crippen LogP contribution >= 0.6 is 11.3 Å². The normalized spacial score (nSPS) is 11.4. The quantitative estimate of drug-likeness (QED) is 0.508. The Hall–Kier alpha value is -2.13. The molecule has 0 fully saturated rings. The van der Waals surface area contributed by atoms with Gasteiger partial charge < -0.3 is 4.57 Å². The van der Waals surface area contributed by atoms with Gasteiger partial charge in [-0.25, -0.2) is 4.98 Å². The Morgan fingerprint density at radius 3 is 2.70 bits per heavy atom. The van der Waals surface area contributed by atoms with Gasteiger partial charge in [0.1, 0.15) is 0 Å². The molecule has 0 spiro atoms. The second kappa shape index (κ2) is 4.46. The van der Waals surface area contributed by atoms with Gasteiger partial charge in [-0.3, -0.25) is 0 Å². The molecular weight excluding hydrogens is 264 g/mol. The van der Waals surface area contributed by atoms with Gasteiger partial charge in [0.15, 0.2) is 0 Å². The molecule has 2 nitrogen and oxygen atoms in total. The minimum Gasteiger partial charge on any atom is -0.341 e. The number of hydrogen-bond donors (Lipinski definition) is 0. The van der Waals surface area contributed by atoms with Crippen molar-refractivity contribution in [3.63, 3.8) is 0 Å². The van der Waals surface area contributed by atoms with E-state index in [1.54, 1.807) is 11.3 Å². The zero-order valence-corrected chi connectivity index (χ0v) is 12.0. The minimum atomic E-state index is 0.986. The topological polar surface area (TPSA) is 17.8 Å². The Bertz CT molecular complexity index is 888. The summed E-state index contributed by atoms with van der Waals surface area (Å²) in [5.74, 6) is 0. The Labute approximate surface area is 121 Å². The van der Waals surface area contributed by atoms with Crippen LogP contribution in [0.15, 0.2) is 53.4 Å². The fourth-order valence-electron chi connectivity index (χ4n) is 2.91. The van der Waals surface area contributed by atoms with Crippen LogP contribution < -0.4 is 0 Å². The third-order valence-electron chi connectivity index (χ3n) is 3.82. The maximum atomic E-state index is 4.41. The van der Waals surface area contributed by atoms with Crippen LogP contribution in [0.5, 0.6) is 0 Å². The van der Waals surface area contributed by atoms with Crippen LogP contribution in [-0.2, 0) is 6.54 Å². The van der Waals surface area contributed by atoms with E-state index in [1.165, 1.54) is 27.4 Å². The molecule has 0 aliphatic heterocycles. The van der Waals surface area contributed by atoms with E-state index >= 15 is 0 Å². The number of nitrogens with zero attached hydrogens (tertiary/aromatic N) is 2. The first-order valence-corrected chi connectivity index (χ1v) is 7.72. The van der Waals surface area contributed by atoms with E-state index < -0.39 is 0 Å². The van der Waals surface area contributed by atoms with E-state index in [9.17, 15) is 0 Å². The molecular formula is C17H14N2S. The lowest BCUT2D eigenvalue weighted by molar-refractivity contribution is 0.827. The summed E-state index contributed by atoms with van der Waals surface area (Å²) in [6.45, 7) is 3.18. The maximum Gasteiger partial charge on any atom is 0.0811 e. The summed E-state index contributed by atoms with van der Waals surface area (Å²) >= 11 is 1.64. The second-order valence-corrected chi connectivity index (χ2v) is 5.59. The molecule has 0 amide bonds. The Kier molecular flexibility index (Phi) is 2.60. The van der Waals surface area contributed by atoms with Crippen LogP contribution in [0, 0.1) is 0 Å². The zero-order valence-electron chi connectivity index (χ0n) is 11.2. The van der Waals surface area contributed by atoms with Gasteiger partial charge in [0, 0.05) is 39.3 Å². The highest BCUT2D eigenvalue weighted by molar-refractivity contribution is 7.07. The monoisotopic (exact) mass is 278 g/mol. The van der Waals surface area contributed by atoms with Crippen molar-refractivity contribution in [1.82, 2.24) is 9.55 Å². The van der Waals surface area contributed by atoms with Crippen molar-refractivity contribution in [2.45, 2.75) is 13.5 Å². The number of benzene rings is 2. The molecule has 0 saturated heterocycles. The molecule has 4 rings (SSSR count). The first-order valence-electron chi connectivity index (χ1n) is 6.78. The van der Waals surface area contributed by atoms with Crippen molar-refractivity contribution >= 4 is 33.1 Å². The lowest BCUT2D eigenvalue weighted by atomic mass is 10.1. The number of aromatic nitrogens is 2. The molecule has 0 saturated carbocycles. The van der Waals surface area contributed by atoms with Gasteiger partial charge in [-0.1, -0.05) is 24.3 Å². The van der Waals surface area contributed by atoms with Gasteiger partial charge in [0.05, 0.1) is 11.2 Å². The van der Waals surface area contributed by atoms with Crippen molar-refractivity contribution in [2.75, 3.05) is 0 Å². The third-order valence-corrected chi connectivity index (χ3v) is 4.40. The van der Waals surface area contributed by atoms with Gasteiger partial charge in [-0.2, -0.15) is 0 Å². The Balaban J connectivity index is 2.10. The highest BCUT2D eigenvalue weighted by Crippen LogP contribution is 2.32. The van der Waals surface area contributed by atoms with E-state index in [0.29, 0.717) is 0 Å².